The molecule has 0 saturated carbocycles. The van der Waals surface area contributed by atoms with Crippen LogP contribution in [0.25, 0.3) is 0 Å². The number of piperidine rings is 1. The number of likely N-dealkylation sites (N-methyl/N-ethyl adjacent to an activating group) is 1. The number of nitrogens with zero attached hydrogens (tertiary/aromatic N) is 1. The molecule has 1 saturated heterocycles. The van der Waals surface area contributed by atoms with Gasteiger partial charge in [0.25, 0.3) is 0 Å². The first-order valence-corrected chi connectivity index (χ1v) is 7.64. The predicted molar refractivity (Wildman–Crippen MR) is 81.2 cm³/mol. The fraction of sp³-hybridized carbons (Fsp3) is 0.588. The van der Waals surface area contributed by atoms with E-state index in [1.807, 2.05) is 24.3 Å². The zero-order chi connectivity index (χ0) is 14.4. The molecule has 20 heavy (non-hydrogen) atoms. The van der Waals surface area contributed by atoms with Gasteiger partial charge in [0.15, 0.2) is 0 Å². The minimum absolute atomic E-state index is 0.194. The van der Waals surface area contributed by atoms with Crippen molar-refractivity contribution >= 4 is 5.78 Å². The van der Waals surface area contributed by atoms with E-state index in [0.717, 1.165) is 24.5 Å². The van der Waals surface area contributed by atoms with Crippen molar-refractivity contribution in [1.82, 2.24) is 4.90 Å². The van der Waals surface area contributed by atoms with Crippen LogP contribution in [0.3, 0.4) is 0 Å². The molecule has 1 aliphatic heterocycles. The van der Waals surface area contributed by atoms with E-state index >= 15 is 0 Å². The van der Waals surface area contributed by atoms with Gasteiger partial charge >= 0.3 is 0 Å². The molecule has 1 aromatic carbocycles. The van der Waals surface area contributed by atoms with Crippen LogP contribution in [0.4, 0.5) is 0 Å². The first-order chi connectivity index (χ1) is 9.69. The van der Waals surface area contributed by atoms with Crippen molar-refractivity contribution in [3.05, 3.63) is 29.8 Å². The number of hydrogen-bond acceptors (Lipinski definition) is 3. The van der Waals surface area contributed by atoms with Crippen LogP contribution in [-0.2, 0) is 11.2 Å². The molecule has 0 spiro atoms. The van der Waals surface area contributed by atoms with Crippen LogP contribution >= 0.6 is 0 Å². The maximum Gasteiger partial charge on any atom is 0.134 e. The second-order valence-electron chi connectivity index (χ2n) is 5.61. The Bertz CT molecular complexity index is 427. The highest BCUT2D eigenvalue weighted by Crippen LogP contribution is 2.19. The summed E-state index contributed by atoms with van der Waals surface area (Å²) in [6.45, 7) is 6.90. The fourth-order valence-electron chi connectivity index (χ4n) is 2.85. The maximum atomic E-state index is 11.1. The summed E-state index contributed by atoms with van der Waals surface area (Å²) >= 11 is 0. The highest BCUT2D eigenvalue weighted by molar-refractivity contribution is 5.78. The summed E-state index contributed by atoms with van der Waals surface area (Å²) in [6.07, 6.45) is 4.36. The van der Waals surface area contributed by atoms with Gasteiger partial charge in [0.1, 0.15) is 18.1 Å². The van der Waals surface area contributed by atoms with Gasteiger partial charge in [0, 0.05) is 12.5 Å². The van der Waals surface area contributed by atoms with Gasteiger partial charge in [0.05, 0.1) is 0 Å². The summed E-state index contributed by atoms with van der Waals surface area (Å²) in [5.41, 5.74) is 1.05. The third-order valence-corrected chi connectivity index (χ3v) is 3.97. The second kappa shape index (κ2) is 7.44. The molecule has 3 heteroatoms. The van der Waals surface area contributed by atoms with Crippen molar-refractivity contribution in [2.45, 2.75) is 45.6 Å². The van der Waals surface area contributed by atoms with Crippen LogP contribution in [0, 0.1) is 0 Å². The fourth-order valence-corrected chi connectivity index (χ4v) is 2.85. The summed E-state index contributed by atoms with van der Waals surface area (Å²) in [7, 11) is 0. The smallest absolute Gasteiger partial charge is 0.134 e. The molecule has 0 aromatic heterocycles. The molecule has 0 aliphatic carbocycles. The van der Waals surface area contributed by atoms with Gasteiger partial charge in [0.2, 0.25) is 0 Å². The molecule has 0 bridgehead atoms. The van der Waals surface area contributed by atoms with E-state index in [4.69, 9.17) is 4.74 Å². The number of carbonyl (C=O) groups excluding carboxylic acids is 1. The van der Waals surface area contributed by atoms with Gasteiger partial charge in [-0.3, -0.25) is 9.69 Å². The Hall–Kier alpha value is -1.35. The zero-order valence-electron chi connectivity index (χ0n) is 12.6. The molecule has 1 atom stereocenters. The summed E-state index contributed by atoms with van der Waals surface area (Å²) in [5, 5.41) is 0. The number of benzene rings is 1. The Labute approximate surface area is 121 Å². The van der Waals surface area contributed by atoms with Crippen molar-refractivity contribution in [2.75, 3.05) is 19.7 Å². The summed E-state index contributed by atoms with van der Waals surface area (Å²) in [4.78, 5) is 13.6. The van der Waals surface area contributed by atoms with E-state index in [2.05, 4.69) is 11.8 Å². The lowest BCUT2D eigenvalue weighted by atomic mass is 10.0. The lowest BCUT2D eigenvalue weighted by Gasteiger charge is -2.34. The Morgan fingerprint density at radius 2 is 2.05 bits per heavy atom. The van der Waals surface area contributed by atoms with Crippen molar-refractivity contribution in [1.29, 1.82) is 0 Å². The van der Waals surface area contributed by atoms with Gasteiger partial charge in [-0.05, 0) is 50.6 Å². The van der Waals surface area contributed by atoms with Crippen molar-refractivity contribution < 1.29 is 9.53 Å². The average molecular weight is 275 g/mol. The third-order valence-electron chi connectivity index (χ3n) is 3.97. The van der Waals surface area contributed by atoms with Crippen molar-refractivity contribution in [2.24, 2.45) is 0 Å². The SMILES string of the molecule is CCN1CCCCC1COc1ccc(CC(C)=O)cc1. The highest BCUT2D eigenvalue weighted by atomic mass is 16.5. The zero-order valence-corrected chi connectivity index (χ0v) is 12.6. The number of ether oxygens (including phenoxy) is 1. The molecule has 110 valence electrons. The highest BCUT2D eigenvalue weighted by Gasteiger charge is 2.21. The number of rotatable bonds is 6. The van der Waals surface area contributed by atoms with Gasteiger partial charge in [-0.15, -0.1) is 0 Å². The molecule has 0 amide bonds. The van der Waals surface area contributed by atoms with Crippen LogP contribution in [0.15, 0.2) is 24.3 Å². The second-order valence-corrected chi connectivity index (χ2v) is 5.61. The molecule has 0 radical (unpaired) electrons. The van der Waals surface area contributed by atoms with Crippen molar-refractivity contribution in [3.8, 4) is 5.75 Å². The molecular formula is C17H25NO2. The summed E-state index contributed by atoms with van der Waals surface area (Å²) in [5.74, 6) is 1.10. The topological polar surface area (TPSA) is 29.5 Å². The van der Waals surface area contributed by atoms with E-state index in [1.165, 1.54) is 25.8 Å². The van der Waals surface area contributed by atoms with Gasteiger partial charge in [-0.25, -0.2) is 0 Å². The maximum absolute atomic E-state index is 11.1. The molecule has 1 unspecified atom stereocenters. The predicted octanol–water partition coefficient (Wildman–Crippen LogP) is 3.07. The van der Waals surface area contributed by atoms with Crippen LogP contribution in [0.5, 0.6) is 5.75 Å². The Balaban J connectivity index is 1.85. The minimum atomic E-state index is 0.194. The van der Waals surface area contributed by atoms with Crippen LogP contribution in [0.1, 0.15) is 38.7 Å². The molecule has 1 fully saturated rings. The number of ketones is 1. The largest absolute Gasteiger partial charge is 0.492 e. The first kappa shape index (κ1) is 15.0. The van der Waals surface area contributed by atoms with Crippen LogP contribution < -0.4 is 4.74 Å². The molecule has 3 nitrogen and oxygen atoms in total. The quantitative estimate of drug-likeness (QED) is 0.799. The van der Waals surface area contributed by atoms with E-state index in [1.54, 1.807) is 6.92 Å². The van der Waals surface area contributed by atoms with E-state index < -0.39 is 0 Å². The van der Waals surface area contributed by atoms with E-state index in [9.17, 15) is 4.79 Å². The lowest BCUT2D eigenvalue weighted by molar-refractivity contribution is -0.116. The first-order valence-electron chi connectivity index (χ1n) is 7.64. The van der Waals surface area contributed by atoms with Gasteiger partial charge < -0.3 is 4.74 Å². The molecular weight excluding hydrogens is 250 g/mol. The Morgan fingerprint density at radius 1 is 1.30 bits per heavy atom. The number of Topliss-reactive ketones (excluding diaryl/α,β-unsaturated/α-hetero) is 1. The third kappa shape index (κ3) is 4.34. The Morgan fingerprint density at radius 3 is 2.70 bits per heavy atom. The Kier molecular flexibility index (Phi) is 5.60. The summed E-state index contributed by atoms with van der Waals surface area (Å²) in [6, 6.07) is 8.45. The number of likely N-dealkylation sites (tertiary alicyclic amines) is 1. The van der Waals surface area contributed by atoms with Crippen LogP contribution in [0.2, 0.25) is 0 Å². The van der Waals surface area contributed by atoms with E-state index in [-0.39, 0.29) is 5.78 Å². The standard InChI is InChI=1S/C17H25NO2/c1-3-18-11-5-4-6-16(18)13-20-17-9-7-15(8-10-17)12-14(2)19/h7-10,16H,3-6,11-13H2,1-2H3. The average Bonchev–Trinajstić information content (AvgIpc) is 2.46. The molecule has 1 aliphatic rings. The minimum Gasteiger partial charge on any atom is -0.492 e. The van der Waals surface area contributed by atoms with Crippen LogP contribution in [-0.4, -0.2) is 36.4 Å². The van der Waals surface area contributed by atoms with Crippen molar-refractivity contribution in [3.63, 3.8) is 0 Å². The monoisotopic (exact) mass is 275 g/mol. The molecule has 0 N–H and O–H groups in total. The molecule has 1 aromatic rings. The lowest BCUT2D eigenvalue weighted by Crippen LogP contribution is -2.42. The van der Waals surface area contributed by atoms with E-state index in [0.29, 0.717) is 12.5 Å². The molecule has 1 heterocycles. The summed E-state index contributed by atoms with van der Waals surface area (Å²) < 4.78 is 5.91. The normalized spacial score (nSPS) is 19.8. The number of hydrogen-bond donors (Lipinski definition) is 0. The van der Waals surface area contributed by atoms with Gasteiger partial charge in [-0.2, -0.15) is 0 Å². The molecule has 2 rings (SSSR count). The van der Waals surface area contributed by atoms with Gasteiger partial charge in [-0.1, -0.05) is 25.5 Å². The number of carbonyl (C=O) groups is 1.